The summed E-state index contributed by atoms with van der Waals surface area (Å²) in [6, 6.07) is 9.61. The van der Waals surface area contributed by atoms with Crippen molar-refractivity contribution < 1.29 is 4.79 Å². The Kier molecular flexibility index (Phi) is 3.17. The summed E-state index contributed by atoms with van der Waals surface area (Å²) in [5.74, 6) is -0.429. The number of nitrogen functional groups attached to an aromatic ring is 1. The number of aromatic nitrogens is 1. The number of amides is 1. The number of hydrogen-bond donors (Lipinski definition) is 3. The summed E-state index contributed by atoms with van der Waals surface area (Å²) in [7, 11) is 0. The molecule has 0 spiro atoms. The fourth-order valence-electron chi connectivity index (χ4n) is 2.97. The minimum absolute atomic E-state index is 0.429. The maximum Gasteiger partial charge on any atom is 0.250 e. The zero-order valence-electron chi connectivity index (χ0n) is 12.9. The van der Waals surface area contributed by atoms with Gasteiger partial charge in [-0.1, -0.05) is 18.2 Å². The van der Waals surface area contributed by atoms with Crippen molar-refractivity contribution in [3.8, 4) is 11.1 Å². The summed E-state index contributed by atoms with van der Waals surface area (Å²) >= 11 is 0. The van der Waals surface area contributed by atoms with Gasteiger partial charge in [0.2, 0.25) is 0 Å². The van der Waals surface area contributed by atoms with Gasteiger partial charge in [0.1, 0.15) is 0 Å². The van der Waals surface area contributed by atoms with Gasteiger partial charge in [0, 0.05) is 16.8 Å². The highest BCUT2D eigenvalue weighted by Crippen LogP contribution is 2.36. The number of primary amides is 1. The van der Waals surface area contributed by atoms with E-state index in [4.69, 9.17) is 11.5 Å². The maximum absolute atomic E-state index is 11.7. The van der Waals surface area contributed by atoms with Crippen LogP contribution < -0.4 is 11.5 Å². The van der Waals surface area contributed by atoms with E-state index in [0.717, 1.165) is 44.5 Å². The Hall–Kier alpha value is -2.75. The van der Waals surface area contributed by atoms with Gasteiger partial charge in [-0.25, -0.2) is 0 Å². The average Bonchev–Trinajstić information content (AvgIpc) is 2.77. The van der Waals surface area contributed by atoms with Crippen LogP contribution in [0.15, 0.2) is 30.3 Å². The summed E-state index contributed by atoms with van der Waals surface area (Å²) in [6.45, 7) is 6.05. The zero-order chi connectivity index (χ0) is 16.0. The molecule has 0 fully saturated rings. The predicted octanol–water partition coefficient (Wildman–Crippen LogP) is 3.44. The first-order chi connectivity index (χ1) is 10.4. The van der Waals surface area contributed by atoms with Crippen LogP contribution in [0.25, 0.3) is 22.0 Å². The van der Waals surface area contributed by atoms with Gasteiger partial charge in [-0.05, 0) is 55.2 Å². The highest BCUT2D eigenvalue weighted by molar-refractivity contribution is 6.11. The number of aromatic amines is 1. The fourth-order valence-corrected chi connectivity index (χ4v) is 2.97. The molecule has 5 N–H and O–H groups in total. The topological polar surface area (TPSA) is 84.9 Å². The molecule has 0 aliphatic rings. The van der Waals surface area contributed by atoms with Crippen molar-refractivity contribution >= 4 is 22.5 Å². The number of carbonyl (C=O) groups is 1. The summed E-state index contributed by atoms with van der Waals surface area (Å²) in [4.78, 5) is 15.0. The smallest absolute Gasteiger partial charge is 0.250 e. The minimum Gasteiger partial charge on any atom is -0.398 e. The Morgan fingerprint density at radius 2 is 1.73 bits per heavy atom. The van der Waals surface area contributed by atoms with Crippen molar-refractivity contribution in [1.29, 1.82) is 0 Å². The normalized spacial score (nSPS) is 11.0. The number of aryl methyl sites for hydroxylation is 2. The number of nitrogens with one attached hydrogen (secondary N) is 1. The van der Waals surface area contributed by atoms with E-state index < -0.39 is 5.91 Å². The van der Waals surface area contributed by atoms with E-state index in [1.54, 1.807) is 6.07 Å². The summed E-state index contributed by atoms with van der Waals surface area (Å²) in [6.07, 6.45) is 0. The lowest BCUT2D eigenvalue weighted by atomic mass is 9.93. The summed E-state index contributed by atoms with van der Waals surface area (Å²) in [5, 5.41) is 1.03. The second-order valence-electron chi connectivity index (χ2n) is 5.67. The number of fused-ring (bicyclic) bond motifs is 1. The van der Waals surface area contributed by atoms with Gasteiger partial charge in [0.15, 0.2) is 0 Å². The van der Waals surface area contributed by atoms with Gasteiger partial charge >= 0.3 is 0 Å². The van der Waals surface area contributed by atoms with Crippen LogP contribution in [0.1, 0.15) is 27.2 Å². The number of hydrogen-bond acceptors (Lipinski definition) is 2. The van der Waals surface area contributed by atoms with Gasteiger partial charge < -0.3 is 16.5 Å². The molecule has 1 heterocycles. The number of anilines is 1. The van der Waals surface area contributed by atoms with Crippen LogP contribution >= 0.6 is 0 Å². The Labute approximate surface area is 129 Å². The van der Waals surface area contributed by atoms with Gasteiger partial charge in [0.25, 0.3) is 5.91 Å². The molecule has 0 aliphatic heterocycles. The van der Waals surface area contributed by atoms with Gasteiger partial charge in [0.05, 0.1) is 11.1 Å². The second kappa shape index (κ2) is 4.91. The van der Waals surface area contributed by atoms with Gasteiger partial charge in [-0.3, -0.25) is 4.79 Å². The Balaban J connectivity index is 2.44. The number of rotatable bonds is 2. The van der Waals surface area contributed by atoms with Crippen LogP contribution in [-0.4, -0.2) is 10.9 Å². The van der Waals surface area contributed by atoms with Crippen LogP contribution in [0, 0.1) is 20.8 Å². The molecule has 0 atom stereocenters. The largest absolute Gasteiger partial charge is 0.398 e. The quantitative estimate of drug-likeness (QED) is 0.632. The molecule has 3 aromatic rings. The molecule has 0 unspecified atom stereocenters. The minimum atomic E-state index is -0.429. The lowest BCUT2D eigenvalue weighted by molar-refractivity contribution is 0.100. The fraction of sp³-hybridized carbons (Fsp3) is 0.167. The molecular weight excluding hydrogens is 274 g/mol. The van der Waals surface area contributed by atoms with Crippen LogP contribution in [-0.2, 0) is 0 Å². The van der Waals surface area contributed by atoms with Crippen molar-refractivity contribution in [2.24, 2.45) is 5.73 Å². The van der Waals surface area contributed by atoms with Gasteiger partial charge in [-0.15, -0.1) is 0 Å². The lowest BCUT2D eigenvalue weighted by Gasteiger charge is -2.12. The van der Waals surface area contributed by atoms with Crippen LogP contribution in [0.4, 0.5) is 5.69 Å². The van der Waals surface area contributed by atoms with Crippen LogP contribution in [0.2, 0.25) is 0 Å². The molecule has 0 saturated carbocycles. The number of benzene rings is 2. The highest BCUT2D eigenvalue weighted by Gasteiger charge is 2.17. The standard InChI is InChI=1S/C18H19N3O/c1-9-11(3)21-17-14(18(20)22)8-7-13(16(9)17)12-5-4-6-15(19)10(12)2/h4-8,21H,19H2,1-3H3,(H2,20,22). The highest BCUT2D eigenvalue weighted by atomic mass is 16.1. The van der Waals surface area contributed by atoms with E-state index in [1.807, 2.05) is 45.0 Å². The first kappa shape index (κ1) is 14.2. The summed E-state index contributed by atoms with van der Waals surface area (Å²) in [5.41, 5.74) is 18.9. The number of carbonyl (C=O) groups excluding carboxylic acids is 1. The van der Waals surface area contributed by atoms with Gasteiger partial charge in [-0.2, -0.15) is 0 Å². The number of nitrogens with two attached hydrogens (primary N) is 2. The molecule has 0 aliphatic carbocycles. The Bertz CT molecular complexity index is 906. The molecular formula is C18H19N3O. The first-order valence-corrected chi connectivity index (χ1v) is 7.19. The molecule has 4 heteroatoms. The third kappa shape index (κ3) is 1.96. The molecule has 3 rings (SSSR count). The van der Waals surface area contributed by atoms with Crippen LogP contribution in [0.3, 0.4) is 0 Å². The van der Waals surface area contributed by atoms with E-state index in [0.29, 0.717) is 5.56 Å². The molecule has 22 heavy (non-hydrogen) atoms. The van der Waals surface area contributed by atoms with Crippen molar-refractivity contribution in [2.45, 2.75) is 20.8 Å². The zero-order valence-corrected chi connectivity index (χ0v) is 12.9. The molecule has 1 amide bonds. The van der Waals surface area contributed by atoms with Crippen LogP contribution in [0.5, 0.6) is 0 Å². The summed E-state index contributed by atoms with van der Waals surface area (Å²) < 4.78 is 0. The molecule has 1 aromatic heterocycles. The molecule has 0 saturated heterocycles. The van der Waals surface area contributed by atoms with E-state index >= 15 is 0 Å². The monoisotopic (exact) mass is 293 g/mol. The third-order valence-electron chi connectivity index (χ3n) is 4.39. The molecule has 0 radical (unpaired) electrons. The lowest BCUT2D eigenvalue weighted by Crippen LogP contribution is -2.11. The SMILES string of the molecule is Cc1[nH]c2c(C(N)=O)ccc(-c3cccc(N)c3C)c2c1C. The molecule has 0 bridgehead atoms. The molecule has 2 aromatic carbocycles. The van der Waals surface area contributed by atoms with Crippen molar-refractivity contribution in [1.82, 2.24) is 4.98 Å². The van der Waals surface area contributed by atoms with E-state index in [2.05, 4.69) is 4.98 Å². The second-order valence-corrected chi connectivity index (χ2v) is 5.67. The van der Waals surface area contributed by atoms with Crippen molar-refractivity contribution in [2.75, 3.05) is 5.73 Å². The maximum atomic E-state index is 11.7. The van der Waals surface area contributed by atoms with E-state index in [9.17, 15) is 4.79 Å². The molecule has 4 nitrogen and oxygen atoms in total. The predicted molar refractivity (Wildman–Crippen MR) is 90.9 cm³/mol. The van der Waals surface area contributed by atoms with E-state index in [-0.39, 0.29) is 0 Å². The Morgan fingerprint density at radius 1 is 1.00 bits per heavy atom. The first-order valence-electron chi connectivity index (χ1n) is 7.19. The average molecular weight is 293 g/mol. The van der Waals surface area contributed by atoms with Crippen molar-refractivity contribution in [3.63, 3.8) is 0 Å². The Morgan fingerprint density at radius 3 is 2.41 bits per heavy atom. The molecule has 112 valence electrons. The van der Waals surface area contributed by atoms with Crippen molar-refractivity contribution in [3.05, 3.63) is 52.7 Å². The third-order valence-corrected chi connectivity index (χ3v) is 4.39. The van der Waals surface area contributed by atoms with E-state index in [1.165, 1.54) is 0 Å². The number of H-pyrrole nitrogens is 1.